The Labute approximate surface area is 95.7 Å². The number of carboxylic acids is 1. The topological polar surface area (TPSA) is 66.4 Å². The first-order chi connectivity index (χ1) is 7.43. The maximum Gasteiger partial charge on any atom is 0.331 e. The summed E-state index contributed by atoms with van der Waals surface area (Å²) in [5.74, 6) is 1.01. The number of carbonyl (C=O) groups excluding carboxylic acids is 1. The Kier molecular flexibility index (Phi) is 5.94. The predicted molar refractivity (Wildman–Crippen MR) is 61.7 cm³/mol. The largest absolute Gasteiger partial charge is 0.478 e. The number of carboxylic acid groups (broad SMARTS) is 1. The van der Waals surface area contributed by atoms with Gasteiger partial charge in [-0.2, -0.15) is 0 Å². The van der Waals surface area contributed by atoms with Gasteiger partial charge in [-0.3, -0.25) is 4.79 Å². The first kappa shape index (κ1) is 14.2. The molecule has 0 aromatic carbocycles. The molecule has 16 heavy (non-hydrogen) atoms. The molecule has 0 aliphatic carbocycles. The lowest BCUT2D eigenvalue weighted by molar-refractivity contribution is -0.133. The van der Waals surface area contributed by atoms with Crippen LogP contribution in [-0.4, -0.2) is 23.0 Å². The van der Waals surface area contributed by atoms with Crippen LogP contribution in [-0.2, 0) is 9.59 Å². The molecule has 0 heterocycles. The van der Waals surface area contributed by atoms with Gasteiger partial charge in [0.05, 0.1) is 0 Å². The molecule has 0 fully saturated rings. The summed E-state index contributed by atoms with van der Waals surface area (Å²) < 4.78 is 0. The number of nitrogens with one attached hydrogen (secondary N) is 1. The van der Waals surface area contributed by atoms with Crippen molar-refractivity contribution >= 4 is 11.9 Å². The van der Waals surface area contributed by atoms with Gasteiger partial charge in [0.1, 0.15) is 0 Å². The Morgan fingerprint density at radius 2 is 1.94 bits per heavy atom. The van der Waals surface area contributed by atoms with Gasteiger partial charge in [-0.15, -0.1) is 12.3 Å². The zero-order valence-electron chi connectivity index (χ0n) is 9.83. The summed E-state index contributed by atoms with van der Waals surface area (Å²) in [6.07, 6.45) is 6.32. The van der Waals surface area contributed by atoms with Gasteiger partial charge in [-0.05, 0) is 20.3 Å². The van der Waals surface area contributed by atoms with E-state index in [2.05, 4.69) is 11.2 Å². The second kappa shape index (κ2) is 6.67. The van der Waals surface area contributed by atoms with E-state index in [0.717, 1.165) is 6.42 Å². The van der Waals surface area contributed by atoms with E-state index in [-0.39, 0.29) is 23.1 Å². The second-order valence-electron chi connectivity index (χ2n) is 3.54. The minimum absolute atomic E-state index is 0.0491. The van der Waals surface area contributed by atoms with Gasteiger partial charge in [-0.1, -0.05) is 6.92 Å². The molecule has 0 aromatic heterocycles. The van der Waals surface area contributed by atoms with Crippen LogP contribution in [0.15, 0.2) is 11.1 Å². The van der Waals surface area contributed by atoms with Crippen LogP contribution in [0.3, 0.4) is 0 Å². The molecule has 0 rings (SSSR count). The van der Waals surface area contributed by atoms with Gasteiger partial charge < -0.3 is 10.4 Å². The molecule has 1 atom stereocenters. The van der Waals surface area contributed by atoms with Gasteiger partial charge in [0, 0.05) is 23.6 Å². The van der Waals surface area contributed by atoms with Gasteiger partial charge in [-0.25, -0.2) is 4.79 Å². The molecule has 0 bridgehead atoms. The Morgan fingerprint density at radius 3 is 2.31 bits per heavy atom. The highest BCUT2D eigenvalue weighted by molar-refractivity contribution is 6.01. The van der Waals surface area contributed by atoms with Crippen molar-refractivity contribution in [2.45, 2.75) is 39.7 Å². The maximum atomic E-state index is 11.6. The van der Waals surface area contributed by atoms with E-state index in [1.54, 1.807) is 0 Å². The molecule has 0 aliphatic heterocycles. The van der Waals surface area contributed by atoms with Crippen LogP contribution < -0.4 is 5.32 Å². The number of hydrogen-bond donors (Lipinski definition) is 2. The molecule has 88 valence electrons. The molecule has 0 spiro atoms. The standard InChI is InChI=1S/C12H17NO3/c1-5-7-10(6-2)13-11(14)8(3)9(4)12(15)16/h1,10H,6-7H2,2-4H3,(H,13,14)(H,15,16). The van der Waals surface area contributed by atoms with E-state index in [4.69, 9.17) is 11.5 Å². The first-order valence-electron chi connectivity index (χ1n) is 5.09. The van der Waals surface area contributed by atoms with Crippen molar-refractivity contribution < 1.29 is 14.7 Å². The SMILES string of the molecule is C#CCC(CC)NC(=O)C(C)=C(C)C(=O)O. The molecule has 4 heteroatoms. The van der Waals surface area contributed by atoms with Gasteiger partial charge in [0.2, 0.25) is 5.91 Å². The summed E-state index contributed by atoms with van der Waals surface area (Å²) >= 11 is 0. The molecule has 1 unspecified atom stereocenters. The molecule has 0 saturated carbocycles. The number of terminal acetylenes is 1. The fourth-order valence-corrected chi connectivity index (χ4v) is 1.06. The van der Waals surface area contributed by atoms with Crippen molar-refractivity contribution in [1.82, 2.24) is 5.32 Å². The molecule has 0 aromatic rings. The predicted octanol–water partition coefficient (Wildman–Crippen LogP) is 1.33. The summed E-state index contributed by atoms with van der Waals surface area (Å²) in [4.78, 5) is 22.3. The Bertz CT molecular complexity index is 350. The monoisotopic (exact) mass is 223 g/mol. The van der Waals surface area contributed by atoms with E-state index in [1.807, 2.05) is 6.92 Å². The molecule has 0 radical (unpaired) electrons. The summed E-state index contributed by atoms with van der Waals surface area (Å²) in [6.45, 7) is 4.80. The molecule has 1 amide bonds. The molecule has 2 N–H and O–H groups in total. The third-order valence-electron chi connectivity index (χ3n) is 2.42. The van der Waals surface area contributed by atoms with E-state index in [9.17, 15) is 9.59 Å². The van der Waals surface area contributed by atoms with Crippen LogP contribution in [0.25, 0.3) is 0 Å². The highest BCUT2D eigenvalue weighted by Crippen LogP contribution is 2.05. The van der Waals surface area contributed by atoms with Crippen LogP contribution in [0.1, 0.15) is 33.6 Å². The zero-order chi connectivity index (χ0) is 12.7. The molecular weight excluding hydrogens is 206 g/mol. The average molecular weight is 223 g/mol. The van der Waals surface area contributed by atoms with Crippen molar-refractivity contribution in [2.24, 2.45) is 0 Å². The highest BCUT2D eigenvalue weighted by atomic mass is 16.4. The van der Waals surface area contributed by atoms with Crippen LogP contribution in [0, 0.1) is 12.3 Å². The average Bonchev–Trinajstić information content (AvgIpc) is 2.25. The van der Waals surface area contributed by atoms with Crippen LogP contribution >= 0.6 is 0 Å². The first-order valence-corrected chi connectivity index (χ1v) is 5.09. The van der Waals surface area contributed by atoms with Gasteiger partial charge in [0.25, 0.3) is 0 Å². The fraction of sp³-hybridized carbons (Fsp3) is 0.500. The lowest BCUT2D eigenvalue weighted by atomic mass is 10.1. The van der Waals surface area contributed by atoms with Crippen molar-refractivity contribution in [3.63, 3.8) is 0 Å². The Balaban J connectivity index is 4.65. The number of aliphatic carboxylic acids is 1. The lowest BCUT2D eigenvalue weighted by Gasteiger charge is -2.14. The second-order valence-corrected chi connectivity index (χ2v) is 3.54. The van der Waals surface area contributed by atoms with E-state index >= 15 is 0 Å². The van der Waals surface area contributed by atoms with E-state index in [0.29, 0.717) is 6.42 Å². The normalized spacial score (nSPS) is 13.4. The minimum atomic E-state index is -1.09. The smallest absolute Gasteiger partial charge is 0.331 e. The fourth-order valence-electron chi connectivity index (χ4n) is 1.06. The van der Waals surface area contributed by atoms with Crippen LogP contribution in [0.2, 0.25) is 0 Å². The third-order valence-corrected chi connectivity index (χ3v) is 2.42. The van der Waals surface area contributed by atoms with Gasteiger partial charge in [0.15, 0.2) is 0 Å². The molecule has 0 saturated heterocycles. The van der Waals surface area contributed by atoms with Crippen molar-refractivity contribution in [1.29, 1.82) is 0 Å². The number of amides is 1. The highest BCUT2D eigenvalue weighted by Gasteiger charge is 2.15. The lowest BCUT2D eigenvalue weighted by Crippen LogP contribution is -2.35. The Morgan fingerprint density at radius 1 is 1.38 bits per heavy atom. The Hall–Kier alpha value is -1.76. The minimum Gasteiger partial charge on any atom is -0.478 e. The zero-order valence-corrected chi connectivity index (χ0v) is 9.83. The summed E-state index contributed by atoms with van der Waals surface area (Å²) in [6, 6.07) is -0.103. The number of carbonyl (C=O) groups is 2. The molecule has 4 nitrogen and oxygen atoms in total. The van der Waals surface area contributed by atoms with Crippen LogP contribution in [0.4, 0.5) is 0 Å². The van der Waals surface area contributed by atoms with Crippen molar-refractivity contribution in [2.75, 3.05) is 0 Å². The van der Waals surface area contributed by atoms with E-state index < -0.39 is 5.97 Å². The molecule has 0 aliphatic rings. The van der Waals surface area contributed by atoms with Crippen LogP contribution in [0.5, 0.6) is 0 Å². The summed E-state index contributed by atoms with van der Waals surface area (Å²) in [7, 11) is 0. The summed E-state index contributed by atoms with van der Waals surface area (Å²) in [5, 5.41) is 11.4. The van der Waals surface area contributed by atoms with E-state index in [1.165, 1.54) is 13.8 Å². The quantitative estimate of drug-likeness (QED) is 0.545. The number of rotatable bonds is 5. The molecular formula is C12H17NO3. The van der Waals surface area contributed by atoms with Crippen molar-refractivity contribution in [3.8, 4) is 12.3 Å². The third kappa shape index (κ3) is 4.18. The maximum absolute atomic E-state index is 11.6. The summed E-state index contributed by atoms with van der Waals surface area (Å²) in [5.41, 5.74) is 0.260. The number of hydrogen-bond acceptors (Lipinski definition) is 2. The van der Waals surface area contributed by atoms with Gasteiger partial charge >= 0.3 is 5.97 Å². The van der Waals surface area contributed by atoms with Crippen molar-refractivity contribution in [3.05, 3.63) is 11.1 Å².